The van der Waals surface area contributed by atoms with Gasteiger partial charge in [0, 0.05) is 26.2 Å². The van der Waals surface area contributed by atoms with Crippen molar-refractivity contribution in [1.82, 2.24) is 14.3 Å². The predicted molar refractivity (Wildman–Crippen MR) is 107 cm³/mol. The Morgan fingerprint density at radius 3 is 2.56 bits per heavy atom. The smallest absolute Gasteiger partial charge is 0.218 e. The summed E-state index contributed by atoms with van der Waals surface area (Å²) < 4.78 is 27.1. The lowest BCUT2D eigenvalue weighted by Crippen LogP contribution is -2.39. The highest BCUT2D eigenvalue weighted by Gasteiger charge is 2.33. The second-order valence-corrected chi connectivity index (χ2v) is 8.89. The van der Waals surface area contributed by atoms with E-state index in [1.54, 1.807) is 13.2 Å². The maximum Gasteiger partial charge on any atom is 0.218 e. The van der Waals surface area contributed by atoms with Crippen LogP contribution in [-0.4, -0.2) is 48.9 Å². The minimum absolute atomic E-state index is 0.0244. The van der Waals surface area contributed by atoms with E-state index in [4.69, 9.17) is 0 Å². The van der Waals surface area contributed by atoms with Gasteiger partial charge >= 0.3 is 0 Å². The molecule has 2 aromatic carbocycles. The molecular weight excluding hydrogens is 360 g/mol. The molecule has 27 heavy (non-hydrogen) atoms. The van der Waals surface area contributed by atoms with E-state index >= 15 is 0 Å². The summed E-state index contributed by atoms with van der Waals surface area (Å²) in [7, 11) is -1.69. The van der Waals surface area contributed by atoms with Crippen LogP contribution in [0.3, 0.4) is 0 Å². The highest BCUT2D eigenvalue weighted by Crippen LogP contribution is 2.24. The van der Waals surface area contributed by atoms with Crippen molar-refractivity contribution in [3.8, 4) is 0 Å². The number of fused-ring (bicyclic) bond motifs is 1. The molecular formula is C20H22N4O2S. The molecule has 140 valence electrons. The van der Waals surface area contributed by atoms with Crippen LogP contribution in [0.5, 0.6) is 0 Å². The van der Waals surface area contributed by atoms with E-state index in [2.05, 4.69) is 14.9 Å². The third-order valence-corrected chi connectivity index (χ3v) is 6.94. The fraction of sp³-hybridized carbons (Fsp3) is 0.300. The zero-order valence-electron chi connectivity index (χ0n) is 15.2. The lowest BCUT2D eigenvalue weighted by Gasteiger charge is -2.24. The SMILES string of the molecule is CN(C1CCN(c2cnc3ccccc3n2)C1)S(=O)(=O)Cc1ccccc1. The number of hydrogen-bond donors (Lipinski definition) is 0. The molecule has 1 aliphatic rings. The van der Waals surface area contributed by atoms with Gasteiger partial charge in [-0.3, -0.25) is 4.98 Å². The van der Waals surface area contributed by atoms with Crippen molar-refractivity contribution >= 4 is 26.9 Å². The highest BCUT2D eigenvalue weighted by atomic mass is 32.2. The van der Waals surface area contributed by atoms with E-state index in [1.807, 2.05) is 54.6 Å². The lowest BCUT2D eigenvalue weighted by atomic mass is 10.2. The van der Waals surface area contributed by atoms with E-state index in [-0.39, 0.29) is 11.8 Å². The third kappa shape index (κ3) is 3.79. The molecule has 0 spiro atoms. The first kappa shape index (κ1) is 17.9. The molecule has 1 aromatic heterocycles. The maximum atomic E-state index is 12.8. The Morgan fingerprint density at radius 2 is 1.78 bits per heavy atom. The van der Waals surface area contributed by atoms with Gasteiger partial charge in [0.25, 0.3) is 0 Å². The number of anilines is 1. The van der Waals surface area contributed by atoms with Crippen LogP contribution in [0.4, 0.5) is 5.82 Å². The summed E-state index contributed by atoms with van der Waals surface area (Å²) in [5.74, 6) is 0.821. The summed E-state index contributed by atoms with van der Waals surface area (Å²) in [5.41, 5.74) is 2.52. The Morgan fingerprint density at radius 1 is 1.07 bits per heavy atom. The van der Waals surface area contributed by atoms with E-state index < -0.39 is 10.0 Å². The fourth-order valence-electron chi connectivity index (χ4n) is 3.46. The van der Waals surface area contributed by atoms with Crippen LogP contribution in [-0.2, 0) is 15.8 Å². The van der Waals surface area contributed by atoms with Gasteiger partial charge in [-0.25, -0.2) is 13.4 Å². The van der Waals surface area contributed by atoms with Gasteiger partial charge < -0.3 is 4.90 Å². The van der Waals surface area contributed by atoms with E-state index in [1.165, 1.54) is 4.31 Å². The van der Waals surface area contributed by atoms with Gasteiger partial charge in [0.2, 0.25) is 10.0 Å². The number of hydrogen-bond acceptors (Lipinski definition) is 5. The van der Waals surface area contributed by atoms with Crippen molar-refractivity contribution in [2.45, 2.75) is 18.2 Å². The standard InChI is InChI=1S/C20H22N4O2S/c1-23(27(25,26)15-16-7-3-2-4-8-16)17-11-12-24(14-17)20-13-21-18-9-5-6-10-19(18)22-20/h2-10,13,17H,11-12,14-15H2,1H3. The number of rotatable bonds is 5. The molecule has 0 bridgehead atoms. The first-order valence-corrected chi connectivity index (χ1v) is 10.6. The summed E-state index contributed by atoms with van der Waals surface area (Å²) in [6.45, 7) is 1.39. The van der Waals surface area contributed by atoms with Crippen molar-refractivity contribution in [3.63, 3.8) is 0 Å². The quantitative estimate of drug-likeness (QED) is 0.679. The Hall–Kier alpha value is -2.51. The molecule has 0 saturated carbocycles. The van der Waals surface area contributed by atoms with Crippen LogP contribution >= 0.6 is 0 Å². The van der Waals surface area contributed by atoms with Crippen molar-refractivity contribution < 1.29 is 8.42 Å². The molecule has 0 N–H and O–H groups in total. The Kier molecular flexibility index (Phi) is 4.80. The second-order valence-electron chi connectivity index (χ2n) is 6.86. The van der Waals surface area contributed by atoms with Crippen molar-refractivity contribution in [3.05, 3.63) is 66.4 Å². The van der Waals surface area contributed by atoms with Gasteiger partial charge in [0.15, 0.2) is 0 Å². The minimum Gasteiger partial charge on any atom is -0.354 e. The number of benzene rings is 2. The third-order valence-electron chi connectivity index (χ3n) is 5.07. The molecule has 3 aromatic rings. The number of sulfonamides is 1. The van der Waals surface area contributed by atoms with Gasteiger partial charge in [-0.1, -0.05) is 42.5 Å². The lowest BCUT2D eigenvalue weighted by molar-refractivity contribution is 0.389. The predicted octanol–water partition coefficient (Wildman–Crippen LogP) is 2.67. The monoisotopic (exact) mass is 382 g/mol. The summed E-state index contributed by atoms with van der Waals surface area (Å²) >= 11 is 0. The van der Waals surface area contributed by atoms with Crippen molar-refractivity contribution in [2.24, 2.45) is 0 Å². The normalized spacial score (nSPS) is 17.7. The minimum atomic E-state index is -3.37. The van der Waals surface area contributed by atoms with Gasteiger partial charge in [0.1, 0.15) is 5.82 Å². The Labute approximate surface area is 159 Å². The molecule has 1 atom stereocenters. The zero-order chi connectivity index (χ0) is 18.9. The number of nitrogens with zero attached hydrogens (tertiary/aromatic N) is 4. The molecule has 0 amide bonds. The van der Waals surface area contributed by atoms with Crippen LogP contribution in [0.15, 0.2) is 60.8 Å². The molecule has 0 aliphatic carbocycles. The highest BCUT2D eigenvalue weighted by molar-refractivity contribution is 7.88. The van der Waals surface area contributed by atoms with Gasteiger partial charge in [-0.2, -0.15) is 4.31 Å². The summed E-state index contributed by atoms with van der Waals surface area (Å²) in [4.78, 5) is 11.3. The molecule has 1 aliphatic heterocycles. The number of para-hydroxylation sites is 2. The first-order valence-electron chi connectivity index (χ1n) is 8.99. The molecule has 1 fully saturated rings. The second kappa shape index (κ2) is 7.25. The average molecular weight is 382 g/mol. The van der Waals surface area contributed by atoms with Gasteiger partial charge in [-0.05, 0) is 24.1 Å². The fourth-order valence-corrected chi connectivity index (χ4v) is 4.90. The summed E-state index contributed by atoms with van der Waals surface area (Å²) in [6.07, 6.45) is 2.54. The van der Waals surface area contributed by atoms with Crippen LogP contribution in [0, 0.1) is 0 Å². The van der Waals surface area contributed by atoms with Crippen LogP contribution in [0.2, 0.25) is 0 Å². The van der Waals surface area contributed by atoms with E-state index in [0.717, 1.165) is 35.4 Å². The Bertz CT molecular complexity index is 1040. The van der Waals surface area contributed by atoms with Crippen molar-refractivity contribution in [2.75, 3.05) is 25.0 Å². The molecule has 2 heterocycles. The molecule has 1 unspecified atom stereocenters. The molecule has 6 nitrogen and oxygen atoms in total. The topological polar surface area (TPSA) is 66.4 Å². The summed E-state index contributed by atoms with van der Waals surface area (Å²) in [5, 5.41) is 0. The van der Waals surface area contributed by atoms with E-state index in [9.17, 15) is 8.42 Å². The van der Waals surface area contributed by atoms with Crippen LogP contribution in [0.1, 0.15) is 12.0 Å². The number of likely N-dealkylation sites (N-methyl/N-ethyl adjacent to an activating group) is 1. The van der Waals surface area contributed by atoms with Crippen molar-refractivity contribution in [1.29, 1.82) is 0 Å². The van der Waals surface area contributed by atoms with Gasteiger partial charge in [-0.15, -0.1) is 0 Å². The number of aromatic nitrogens is 2. The van der Waals surface area contributed by atoms with Crippen LogP contribution < -0.4 is 4.90 Å². The van der Waals surface area contributed by atoms with Crippen LogP contribution in [0.25, 0.3) is 11.0 Å². The first-order chi connectivity index (χ1) is 13.0. The largest absolute Gasteiger partial charge is 0.354 e. The Balaban J connectivity index is 1.48. The molecule has 7 heteroatoms. The van der Waals surface area contributed by atoms with Gasteiger partial charge in [0.05, 0.1) is 23.0 Å². The van der Waals surface area contributed by atoms with E-state index in [0.29, 0.717) is 6.54 Å². The summed E-state index contributed by atoms with van der Waals surface area (Å²) in [6, 6.07) is 17.0. The zero-order valence-corrected chi connectivity index (χ0v) is 16.0. The molecule has 4 rings (SSSR count). The molecule has 0 radical (unpaired) electrons. The average Bonchev–Trinajstić information content (AvgIpc) is 3.17. The molecule has 1 saturated heterocycles. The maximum absolute atomic E-state index is 12.8.